The van der Waals surface area contributed by atoms with Crippen LogP contribution in [-0.2, 0) is 0 Å². The first kappa shape index (κ1) is 27.1. The molecule has 3 aromatic heterocycles. The Morgan fingerprint density at radius 3 is 1.73 bits per heavy atom. The maximum atomic E-state index is 5.56. The van der Waals surface area contributed by atoms with Crippen molar-refractivity contribution in [3.63, 3.8) is 0 Å². The first-order chi connectivity index (χ1) is 23.8. The number of fused-ring (bicyclic) bond motifs is 7. The van der Waals surface area contributed by atoms with Gasteiger partial charge in [0.25, 0.3) is 0 Å². The second-order valence-corrected chi connectivity index (χ2v) is 13.3. The van der Waals surface area contributed by atoms with Crippen molar-refractivity contribution in [3.05, 3.63) is 164 Å². The summed E-state index contributed by atoms with van der Waals surface area (Å²) < 4.78 is 3.52. The highest BCUT2D eigenvalue weighted by molar-refractivity contribution is 7.25. The van der Waals surface area contributed by atoms with Crippen molar-refractivity contribution in [2.75, 3.05) is 0 Å². The summed E-state index contributed by atoms with van der Waals surface area (Å²) in [7, 11) is 0. The van der Waals surface area contributed by atoms with E-state index in [1.807, 2.05) is 0 Å². The van der Waals surface area contributed by atoms with Crippen molar-refractivity contribution in [2.45, 2.75) is 0 Å². The van der Waals surface area contributed by atoms with Crippen LogP contribution in [0.25, 0.3) is 92.3 Å². The summed E-state index contributed by atoms with van der Waals surface area (Å²) >= 11 is 1.70. The first-order valence-electron chi connectivity index (χ1n) is 16.2. The summed E-state index contributed by atoms with van der Waals surface area (Å²) in [5.74, 6) is 0.833. The normalized spacial score (nSPS) is 11.8. The summed E-state index contributed by atoms with van der Waals surface area (Å²) in [5.41, 5.74) is 9.67. The minimum Gasteiger partial charge on any atom is -0.292 e. The zero-order valence-corrected chi connectivity index (χ0v) is 26.7. The van der Waals surface area contributed by atoms with E-state index in [9.17, 15) is 0 Å². The fraction of sp³-hybridized carbons (Fsp3) is 0. The summed E-state index contributed by atoms with van der Waals surface area (Å²) in [6.07, 6.45) is 0. The van der Waals surface area contributed by atoms with Crippen LogP contribution in [0.1, 0.15) is 0 Å². The predicted octanol–water partition coefficient (Wildman–Crippen LogP) is 12.1. The maximum absolute atomic E-state index is 5.56. The molecule has 10 aromatic rings. The zero-order valence-electron chi connectivity index (χ0n) is 25.8. The molecule has 0 unspecified atom stereocenters. The lowest BCUT2D eigenvalue weighted by Crippen LogP contribution is -2.03. The lowest BCUT2D eigenvalue weighted by Gasteiger charge is -2.15. The molecular formula is C44H27N3S. The zero-order chi connectivity index (χ0) is 31.6. The van der Waals surface area contributed by atoms with Crippen molar-refractivity contribution in [3.8, 4) is 39.3 Å². The Morgan fingerprint density at radius 1 is 0.417 bits per heavy atom. The van der Waals surface area contributed by atoms with Gasteiger partial charge in [-0.1, -0.05) is 121 Å². The van der Waals surface area contributed by atoms with Gasteiger partial charge in [-0.25, -0.2) is 9.97 Å². The van der Waals surface area contributed by atoms with E-state index >= 15 is 0 Å². The van der Waals surface area contributed by atoms with Gasteiger partial charge in [0.1, 0.15) is 16.0 Å². The number of rotatable bonds is 4. The third-order valence-electron chi connectivity index (χ3n) is 9.37. The minimum absolute atomic E-state index is 0.833. The molecule has 0 N–H and O–H groups in total. The molecule has 0 spiro atoms. The quantitative estimate of drug-likeness (QED) is 0.194. The number of aromatic nitrogens is 3. The highest BCUT2D eigenvalue weighted by Gasteiger charge is 2.22. The van der Waals surface area contributed by atoms with E-state index in [2.05, 4.69) is 168 Å². The molecule has 0 aliphatic rings. The van der Waals surface area contributed by atoms with Gasteiger partial charge < -0.3 is 0 Å². The Hall–Kier alpha value is -6.10. The third kappa shape index (κ3) is 4.27. The van der Waals surface area contributed by atoms with Crippen LogP contribution in [0.4, 0.5) is 0 Å². The van der Waals surface area contributed by atoms with E-state index in [0.29, 0.717) is 0 Å². The summed E-state index contributed by atoms with van der Waals surface area (Å²) in [5, 5.41) is 5.96. The molecule has 0 saturated heterocycles. The number of hydrogen-bond donors (Lipinski definition) is 0. The van der Waals surface area contributed by atoms with Crippen LogP contribution < -0.4 is 0 Å². The van der Waals surface area contributed by atoms with Gasteiger partial charge in [-0.3, -0.25) is 4.57 Å². The number of nitrogens with zero attached hydrogens (tertiary/aromatic N) is 3. The monoisotopic (exact) mass is 629 g/mol. The van der Waals surface area contributed by atoms with E-state index in [4.69, 9.17) is 9.97 Å². The smallest absolute Gasteiger partial charge is 0.166 e. The van der Waals surface area contributed by atoms with Crippen LogP contribution in [-0.4, -0.2) is 14.5 Å². The molecule has 0 aliphatic heterocycles. The largest absolute Gasteiger partial charge is 0.292 e. The van der Waals surface area contributed by atoms with Gasteiger partial charge >= 0.3 is 0 Å². The Balaban J connectivity index is 1.35. The van der Waals surface area contributed by atoms with Crippen molar-refractivity contribution in [2.24, 2.45) is 0 Å². The lowest BCUT2D eigenvalue weighted by molar-refractivity contribution is 1.09. The Bertz CT molecular complexity index is 2770. The number of thiophene rings is 1. The molecule has 7 aromatic carbocycles. The van der Waals surface area contributed by atoms with Gasteiger partial charge in [-0.05, 0) is 75.5 Å². The van der Waals surface area contributed by atoms with Gasteiger partial charge in [0, 0.05) is 26.4 Å². The fourth-order valence-electron chi connectivity index (χ4n) is 7.11. The molecule has 224 valence electrons. The van der Waals surface area contributed by atoms with Gasteiger partial charge in [-0.2, -0.15) is 0 Å². The van der Waals surface area contributed by atoms with Crippen LogP contribution in [0.2, 0.25) is 0 Å². The topological polar surface area (TPSA) is 30.7 Å². The predicted molar refractivity (Wildman–Crippen MR) is 203 cm³/mol. The average molecular weight is 630 g/mol. The Kier molecular flexibility index (Phi) is 6.05. The molecule has 48 heavy (non-hydrogen) atoms. The average Bonchev–Trinajstić information content (AvgIpc) is 3.68. The highest BCUT2D eigenvalue weighted by Crippen LogP contribution is 2.41. The molecular weight excluding hydrogens is 603 g/mol. The molecule has 3 nitrogen and oxygen atoms in total. The van der Waals surface area contributed by atoms with Crippen molar-refractivity contribution in [1.29, 1.82) is 0 Å². The van der Waals surface area contributed by atoms with E-state index in [0.717, 1.165) is 66.1 Å². The maximum Gasteiger partial charge on any atom is 0.166 e. The molecule has 4 heteroatoms. The number of benzene rings is 7. The van der Waals surface area contributed by atoms with Gasteiger partial charge in [-0.15, -0.1) is 11.3 Å². The number of para-hydroxylation sites is 1. The second kappa shape index (κ2) is 10.7. The van der Waals surface area contributed by atoms with Crippen molar-refractivity contribution >= 4 is 64.3 Å². The van der Waals surface area contributed by atoms with E-state index in [1.54, 1.807) is 11.3 Å². The van der Waals surface area contributed by atoms with Gasteiger partial charge in [0.05, 0.1) is 11.0 Å². The van der Waals surface area contributed by atoms with E-state index < -0.39 is 0 Å². The van der Waals surface area contributed by atoms with Crippen molar-refractivity contribution < 1.29 is 0 Å². The first-order valence-corrected chi connectivity index (χ1v) is 17.0. The van der Waals surface area contributed by atoms with Crippen LogP contribution in [0.15, 0.2) is 164 Å². The van der Waals surface area contributed by atoms with Crippen LogP contribution in [0.5, 0.6) is 0 Å². The molecule has 3 heterocycles. The summed E-state index contributed by atoms with van der Waals surface area (Å²) in [4.78, 5) is 12.0. The minimum atomic E-state index is 0.833. The van der Waals surface area contributed by atoms with E-state index in [-0.39, 0.29) is 0 Å². The molecule has 0 radical (unpaired) electrons. The van der Waals surface area contributed by atoms with Crippen LogP contribution >= 0.6 is 11.3 Å². The molecule has 10 rings (SSSR count). The van der Waals surface area contributed by atoms with Crippen LogP contribution in [0.3, 0.4) is 0 Å². The highest BCUT2D eigenvalue weighted by atomic mass is 32.1. The van der Waals surface area contributed by atoms with Gasteiger partial charge in [0.2, 0.25) is 0 Å². The number of hydrogen-bond acceptors (Lipinski definition) is 3. The molecule has 0 atom stereocenters. The molecule has 0 amide bonds. The third-order valence-corrected chi connectivity index (χ3v) is 10.4. The second-order valence-electron chi connectivity index (χ2n) is 12.2. The molecule has 0 bridgehead atoms. The molecule has 0 saturated carbocycles. The summed E-state index contributed by atoms with van der Waals surface area (Å²) in [6, 6.07) is 58.5. The SMILES string of the molecule is c1ccc(-c2cc(-c3ccccc3)cc(-c3nc4c(nc3-n3c5ccccc5c5cc6ccccc6cc53)sc3ccccc34)c2)cc1. The Morgan fingerprint density at radius 2 is 1.00 bits per heavy atom. The molecule has 0 fully saturated rings. The standard InChI is InChI=1S/C44H27N3S/c1-3-13-28(14-4-1)32-23-33(29-15-5-2-6-16-29)25-34(24-32)41-43(46-44-42(45-41)36-20-10-12-22-40(36)48-44)47-38-21-11-9-19-35(38)37-26-30-17-7-8-18-31(30)27-39(37)47/h1-27H. The van der Waals surface area contributed by atoms with Crippen LogP contribution in [0, 0.1) is 0 Å². The van der Waals surface area contributed by atoms with Crippen molar-refractivity contribution in [1.82, 2.24) is 14.5 Å². The summed E-state index contributed by atoms with van der Waals surface area (Å²) in [6.45, 7) is 0. The lowest BCUT2D eigenvalue weighted by atomic mass is 9.95. The van der Waals surface area contributed by atoms with Gasteiger partial charge in [0.15, 0.2) is 5.82 Å². The molecule has 0 aliphatic carbocycles. The Labute approximate surface area is 281 Å². The van der Waals surface area contributed by atoms with E-state index in [1.165, 1.54) is 26.2 Å². The fourth-order valence-corrected chi connectivity index (χ4v) is 8.12.